The molecule has 7 nitrogen and oxygen atoms in total. The number of aliphatic carboxylic acids is 1. The number of carboxylic acids is 1. The van der Waals surface area contributed by atoms with Crippen molar-refractivity contribution >= 4 is 35.2 Å². The lowest BCUT2D eigenvalue weighted by molar-refractivity contribution is -0.139. The van der Waals surface area contributed by atoms with E-state index < -0.39 is 5.97 Å². The lowest BCUT2D eigenvalue weighted by Crippen LogP contribution is -2.38. The molecule has 1 saturated heterocycles. The molecular formula is C18H24N2O5S. The van der Waals surface area contributed by atoms with Crippen molar-refractivity contribution in [1.29, 1.82) is 0 Å². The first-order chi connectivity index (χ1) is 12.4. The summed E-state index contributed by atoms with van der Waals surface area (Å²) in [6.45, 7) is 2.36. The highest BCUT2D eigenvalue weighted by Gasteiger charge is 2.36. The second kappa shape index (κ2) is 9.59. The van der Waals surface area contributed by atoms with Crippen molar-refractivity contribution in [3.05, 3.63) is 29.8 Å². The number of carboxylic acid groups (broad SMARTS) is 1. The number of carbonyl (C=O) groups excluding carboxylic acids is 2. The largest absolute Gasteiger partial charge is 0.481 e. The van der Waals surface area contributed by atoms with Gasteiger partial charge in [0.2, 0.25) is 11.8 Å². The van der Waals surface area contributed by atoms with E-state index in [1.807, 2.05) is 31.2 Å². The number of nitrogens with zero attached hydrogens (tertiary/aromatic N) is 1. The van der Waals surface area contributed by atoms with Gasteiger partial charge in [0.05, 0.1) is 24.0 Å². The van der Waals surface area contributed by atoms with Crippen molar-refractivity contribution in [2.24, 2.45) is 0 Å². The van der Waals surface area contributed by atoms with Crippen LogP contribution in [0.5, 0.6) is 0 Å². The van der Waals surface area contributed by atoms with Gasteiger partial charge in [0, 0.05) is 25.4 Å². The fraction of sp³-hybridized carbons (Fsp3) is 0.500. The number of likely N-dealkylation sites (tertiary alicyclic amines) is 1. The van der Waals surface area contributed by atoms with Gasteiger partial charge in [0.25, 0.3) is 0 Å². The van der Waals surface area contributed by atoms with Gasteiger partial charge in [-0.25, -0.2) is 0 Å². The van der Waals surface area contributed by atoms with Gasteiger partial charge in [-0.15, -0.1) is 11.8 Å². The number of amides is 2. The number of carbonyl (C=O) groups is 3. The van der Waals surface area contributed by atoms with E-state index in [1.165, 1.54) is 11.8 Å². The summed E-state index contributed by atoms with van der Waals surface area (Å²) < 4.78 is 5.26. The van der Waals surface area contributed by atoms with Crippen LogP contribution in [0.4, 0.5) is 5.69 Å². The van der Waals surface area contributed by atoms with Crippen LogP contribution in [-0.4, -0.2) is 65.1 Å². The normalized spacial score (nSPS) is 19.4. The predicted molar refractivity (Wildman–Crippen MR) is 100 cm³/mol. The Labute approximate surface area is 157 Å². The van der Waals surface area contributed by atoms with Crippen LogP contribution >= 0.6 is 11.8 Å². The number of thioether (sulfide) groups is 1. The van der Waals surface area contributed by atoms with Crippen molar-refractivity contribution < 1.29 is 24.2 Å². The van der Waals surface area contributed by atoms with Crippen LogP contribution in [0.25, 0.3) is 0 Å². The minimum absolute atomic E-state index is 0.0931. The van der Waals surface area contributed by atoms with Crippen LogP contribution in [0.1, 0.15) is 18.4 Å². The van der Waals surface area contributed by atoms with E-state index >= 15 is 0 Å². The number of nitrogens with one attached hydrogen (secondary N) is 1. The summed E-state index contributed by atoms with van der Waals surface area (Å²) in [7, 11) is 1.56. The number of aryl methyl sites for hydroxylation is 1. The standard InChI is InChI=1S/C18H24N2O5S/c1-12-3-5-13(6-4-12)19-16(21)10-26-11-17(22)20-9-15(25-2)7-14(20)8-18(23)24/h3-6,14-15H,7-11H2,1-2H3,(H,19,21)(H,23,24). The molecule has 2 unspecified atom stereocenters. The smallest absolute Gasteiger partial charge is 0.305 e. The summed E-state index contributed by atoms with van der Waals surface area (Å²) in [6, 6.07) is 7.12. The molecule has 1 aromatic carbocycles. The molecule has 2 atom stereocenters. The van der Waals surface area contributed by atoms with Crippen molar-refractivity contribution in [2.45, 2.75) is 31.9 Å². The van der Waals surface area contributed by atoms with Gasteiger partial charge in [-0.1, -0.05) is 17.7 Å². The third-order valence-corrected chi connectivity index (χ3v) is 5.15. The molecule has 8 heteroatoms. The Morgan fingerprint density at radius 1 is 1.27 bits per heavy atom. The molecule has 1 heterocycles. The number of anilines is 1. The number of hydrogen-bond donors (Lipinski definition) is 2. The first-order valence-corrected chi connectivity index (χ1v) is 9.53. The first-order valence-electron chi connectivity index (χ1n) is 8.37. The molecule has 2 N–H and O–H groups in total. The van der Waals surface area contributed by atoms with Crippen LogP contribution in [0.15, 0.2) is 24.3 Å². The molecule has 0 aliphatic carbocycles. The minimum atomic E-state index is -0.935. The van der Waals surface area contributed by atoms with E-state index in [9.17, 15) is 14.4 Å². The van der Waals surface area contributed by atoms with Crippen LogP contribution < -0.4 is 5.32 Å². The van der Waals surface area contributed by atoms with Crippen LogP contribution in [0.3, 0.4) is 0 Å². The highest BCUT2D eigenvalue weighted by atomic mass is 32.2. The van der Waals surface area contributed by atoms with E-state index in [0.29, 0.717) is 13.0 Å². The Bertz CT molecular complexity index is 649. The molecule has 0 saturated carbocycles. The highest BCUT2D eigenvalue weighted by Crippen LogP contribution is 2.23. The average Bonchev–Trinajstić information content (AvgIpc) is 2.99. The SMILES string of the molecule is COC1CC(CC(=O)O)N(C(=O)CSCC(=O)Nc2ccc(C)cc2)C1. The third kappa shape index (κ3) is 6.03. The number of ether oxygens (including phenoxy) is 1. The fourth-order valence-electron chi connectivity index (χ4n) is 2.89. The third-order valence-electron chi connectivity index (χ3n) is 4.23. The van der Waals surface area contributed by atoms with Crippen LogP contribution in [0.2, 0.25) is 0 Å². The summed E-state index contributed by atoms with van der Waals surface area (Å²) in [5, 5.41) is 11.8. The van der Waals surface area contributed by atoms with E-state index in [-0.39, 0.29) is 41.9 Å². The van der Waals surface area contributed by atoms with E-state index in [0.717, 1.165) is 11.3 Å². The van der Waals surface area contributed by atoms with Crippen molar-refractivity contribution in [1.82, 2.24) is 4.90 Å². The average molecular weight is 380 g/mol. The summed E-state index contributed by atoms with van der Waals surface area (Å²) in [6.07, 6.45) is 0.287. The predicted octanol–water partition coefficient (Wildman–Crippen LogP) is 1.76. The maximum absolute atomic E-state index is 12.4. The van der Waals surface area contributed by atoms with Gasteiger partial charge in [0.15, 0.2) is 0 Å². The Balaban J connectivity index is 1.78. The molecule has 1 aliphatic heterocycles. The van der Waals surface area contributed by atoms with Gasteiger partial charge in [0.1, 0.15) is 0 Å². The molecule has 1 aromatic rings. The summed E-state index contributed by atoms with van der Waals surface area (Å²) in [5.74, 6) is -0.984. The van der Waals surface area contributed by atoms with Crippen molar-refractivity contribution in [3.63, 3.8) is 0 Å². The Morgan fingerprint density at radius 2 is 1.96 bits per heavy atom. The number of methoxy groups -OCH3 is 1. The maximum Gasteiger partial charge on any atom is 0.305 e. The number of benzene rings is 1. The lowest BCUT2D eigenvalue weighted by Gasteiger charge is -2.23. The zero-order valence-corrected chi connectivity index (χ0v) is 15.8. The molecule has 26 heavy (non-hydrogen) atoms. The van der Waals surface area contributed by atoms with Gasteiger partial charge in [-0.05, 0) is 25.5 Å². The second-order valence-corrected chi connectivity index (χ2v) is 7.28. The first kappa shape index (κ1) is 20.3. The Kier molecular flexibility index (Phi) is 7.47. The highest BCUT2D eigenvalue weighted by molar-refractivity contribution is 8.00. The quantitative estimate of drug-likeness (QED) is 0.713. The van der Waals surface area contributed by atoms with Gasteiger partial charge >= 0.3 is 5.97 Å². The molecule has 2 amide bonds. The number of rotatable bonds is 8. The second-order valence-electron chi connectivity index (χ2n) is 6.30. The van der Waals surface area contributed by atoms with Crippen LogP contribution in [0, 0.1) is 6.92 Å². The monoisotopic (exact) mass is 380 g/mol. The topological polar surface area (TPSA) is 95.9 Å². The van der Waals surface area contributed by atoms with Crippen molar-refractivity contribution in [3.8, 4) is 0 Å². The molecule has 1 fully saturated rings. The zero-order valence-electron chi connectivity index (χ0n) is 14.9. The maximum atomic E-state index is 12.4. The molecule has 1 aliphatic rings. The molecule has 142 valence electrons. The van der Waals surface area contributed by atoms with Gasteiger partial charge in [-0.2, -0.15) is 0 Å². The van der Waals surface area contributed by atoms with E-state index in [1.54, 1.807) is 12.0 Å². The van der Waals surface area contributed by atoms with Crippen LogP contribution in [-0.2, 0) is 19.1 Å². The van der Waals surface area contributed by atoms with Gasteiger partial charge in [-0.3, -0.25) is 14.4 Å². The Morgan fingerprint density at radius 3 is 2.58 bits per heavy atom. The summed E-state index contributed by atoms with van der Waals surface area (Å²) in [4.78, 5) is 36.9. The lowest BCUT2D eigenvalue weighted by atomic mass is 10.1. The molecule has 0 spiro atoms. The molecule has 2 rings (SSSR count). The molecule has 0 radical (unpaired) electrons. The van der Waals surface area contributed by atoms with E-state index in [4.69, 9.17) is 9.84 Å². The van der Waals surface area contributed by atoms with Gasteiger partial charge < -0.3 is 20.1 Å². The number of hydrogen-bond acceptors (Lipinski definition) is 5. The molecular weight excluding hydrogens is 356 g/mol. The van der Waals surface area contributed by atoms with E-state index in [2.05, 4.69) is 5.32 Å². The molecule has 0 aromatic heterocycles. The summed E-state index contributed by atoms with van der Waals surface area (Å²) >= 11 is 1.22. The molecule has 0 bridgehead atoms. The van der Waals surface area contributed by atoms with Crippen molar-refractivity contribution in [2.75, 3.05) is 30.5 Å². The fourth-order valence-corrected chi connectivity index (χ4v) is 3.59. The minimum Gasteiger partial charge on any atom is -0.481 e. The zero-order chi connectivity index (χ0) is 19.1. The summed E-state index contributed by atoms with van der Waals surface area (Å²) in [5.41, 5.74) is 1.83. The Hall–Kier alpha value is -2.06.